The van der Waals surface area contributed by atoms with Gasteiger partial charge in [0.1, 0.15) is 0 Å². The Hall–Kier alpha value is -1.42. The fourth-order valence-corrected chi connectivity index (χ4v) is 2.68. The highest BCUT2D eigenvalue weighted by Crippen LogP contribution is 2.39. The third-order valence-electron chi connectivity index (χ3n) is 3.47. The Morgan fingerprint density at radius 1 is 1.14 bits per heavy atom. The highest BCUT2D eigenvalue weighted by molar-refractivity contribution is 6.32. The maximum atomic E-state index is 6.18. The first kappa shape index (κ1) is 14.5. The molecule has 2 aromatic carbocycles. The van der Waals surface area contributed by atoms with Gasteiger partial charge in [-0.2, -0.15) is 0 Å². The predicted molar refractivity (Wildman–Crippen MR) is 84.3 cm³/mol. The van der Waals surface area contributed by atoms with Crippen LogP contribution in [0.25, 0.3) is 0 Å². The minimum atomic E-state index is 0.214. The Morgan fingerprint density at radius 2 is 1.90 bits per heavy atom. The molecule has 5 heteroatoms. The third-order valence-corrected chi connectivity index (χ3v) is 4.00. The number of rotatable bonds is 4. The van der Waals surface area contributed by atoms with Gasteiger partial charge in [-0.1, -0.05) is 35.3 Å². The summed E-state index contributed by atoms with van der Waals surface area (Å²) >= 11 is 12.1. The van der Waals surface area contributed by atoms with E-state index in [4.69, 9.17) is 32.7 Å². The second-order valence-corrected chi connectivity index (χ2v) is 5.81. The summed E-state index contributed by atoms with van der Waals surface area (Å²) in [4.78, 5) is 0. The third kappa shape index (κ3) is 3.26. The average Bonchev–Trinajstić information content (AvgIpc) is 2.94. The number of nitrogens with one attached hydrogen (secondary N) is 1. The van der Waals surface area contributed by atoms with E-state index in [9.17, 15) is 0 Å². The smallest absolute Gasteiger partial charge is 0.231 e. The van der Waals surface area contributed by atoms with Crippen LogP contribution in [-0.4, -0.2) is 6.79 Å². The SMILES string of the molecule is CC(NCc1cc(Cl)c2c(c1)OCO2)c1ccc(Cl)cc1. The molecule has 1 N–H and O–H groups in total. The number of fused-ring (bicyclic) bond motifs is 1. The maximum Gasteiger partial charge on any atom is 0.231 e. The van der Waals surface area contributed by atoms with E-state index >= 15 is 0 Å². The van der Waals surface area contributed by atoms with Crippen LogP contribution in [0, 0.1) is 0 Å². The van der Waals surface area contributed by atoms with E-state index in [2.05, 4.69) is 12.2 Å². The van der Waals surface area contributed by atoms with Gasteiger partial charge in [0.15, 0.2) is 11.5 Å². The highest BCUT2D eigenvalue weighted by atomic mass is 35.5. The fraction of sp³-hybridized carbons (Fsp3) is 0.250. The van der Waals surface area contributed by atoms with Crippen molar-refractivity contribution in [3.63, 3.8) is 0 Å². The summed E-state index contributed by atoms with van der Waals surface area (Å²) in [6.07, 6.45) is 0. The van der Waals surface area contributed by atoms with Crippen LogP contribution < -0.4 is 14.8 Å². The van der Waals surface area contributed by atoms with E-state index < -0.39 is 0 Å². The van der Waals surface area contributed by atoms with Gasteiger partial charge in [-0.3, -0.25) is 0 Å². The number of hydrogen-bond acceptors (Lipinski definition) is 3. The van der Waals surface area contributed by atoms with Crippen molar-refractivity contribution in [2.45, 2.75) is 19.5 Å². The van der Waals surface area contributed by atoms with Crippen molar-refractivity contribution in [3.8, 4) is 11.5 Å². The van der Waals surface area contributed by atoms with Gasteiger partial charge in [-0.05, 0) is 42.3 Å². The van der Waals surface area contributed by atoms with E-state index in [0.717, 1.165) is 10.6 Å². The van der Waals surface area contributed by atoms with Crippen LogP contribution in [0.3, 0.4) is 0 Å². The van der Waals surface area contributed by atoms with Crippen molar-refractivity contribution in [3.05, 3.63) is 57.6 Å². The first-order valence-corrected chi connectivity index (χ1v) is 7.46. The molecule has 1 heterocycles. The maximum absolute atomic E-state index is 6.18. The van der Waals surface area contributed by atoms with Crippen molar-refractivity contribution in [1.82, 2.24) is 5.32 Å². The van der Waals surface area contributed by atoms with Crippen molar-refractivity contribution >= 4 is 23.2 Å². The molecular formula is C16H15Cl2NO2. The molecule has 0 bridgehead atoms. The molecule has 3 nitrogen and oxygen atoms in total. The van der Waals surface area contributed by atoms with E-state index in [0.29, 0.717) is 23.1 Å². The standard InChI is InChI=1S/C16H15Cl2NO2/c1-10(12-2-4-13(17)5-3-12)19-8-11-6-14(18)16-15(7-11)20-9-21-16/h2-7,10,19H,8-9H2,1H3. The lowest BCUT2D eigenvalue weighted by atomic mass is 10.1. The van der Waals surface area contributed by atoms with Crippen LogP contribution in [0.1, 0.15) is 24.1 Å². The molecule has 1 aliphatic rings. The Labute approximate surface area is 133 Å². The second kappa shape index (κ2) is 6.14. The molecule has 3 rings (SSSR count). The van der Waals surface area contributed by atoms with Crippen molar-refractivity contribution in [2.75, 3.05) is 6.79 Å². The summed E-state index contributed by atoms with van der Waals surface area (Å²) < 4.78 is 10.7. The first-order valence-electron chi connectivity index (χ1n) is 6.70. The van der Waals surface area contributed by atoms with Crippen molar-refractivity contribution in [2.24, 2.45) is 0 Å². The van der Waals surface area contributed by atoms with Crippen LogP contribution in [0.2, 0.25) is 10.0 Å². The monoisotopic (exact) mass is 323 g/mol. The molecule has 21 heavy (non-hydrogen) atoms. The minimum Gasteiger partial charge on any atom is -0.454 e. The van der Waals surface area contributed by atoms with Crippen molar-refractivity contribution in [1.29, 1.82) is 0 Å². The highest BCUT2D eigenvalue weighted by Gasteiger charge is 2.18. The molecular weight excluding hydrogens is 309 g/mol. The molecule has 1 atom stereocenters. The molecule has 110 valence electrons. The normalized spacial score (nSPS) is 14.2. The summed E-state index contributed by atoms with van der Waals surface area (Å²) in [6, 6.07) is 11.9. The molecule has 1 unspecified atom stereocenters. The largest absolute Gasteiger partial charge is 0.454 e. The molecule has 0 aromatic heterocycles. The fourth-order valence-electron chi connectivity index (χ4n) is 2.26. The zero-order valence-corrected chi connectivity index (χ0v) is 13.0. The quantitative estimate of drug-likeness (QED) is 0.893. The van der Waals surface area contributed by atoms with Gasteiger partial charge in [0.2, 0.25) is 6.79 Å². The number of benzene rings is 2. The van der Waals surface area contributed by atoms with Crippen LogP contribution in [-0.2, 0) is 6.54 Å². The number of halogens is 2. The number of hydrogen-bond donors (Lipinski definition) is 1. The molecule has 0 saturated carbocycles. The zero-order valence-electron chi connectivity index (χ0n) is 11.5. The van der Waals surface area contributed by atoms with Gasteiger partial charge < -0.3 is 14.8 Å². The molecule has 2 aromatic rings. The zero-order chi connectivity index (χ0) is 14.8. The molecule has 0 amide bonds. The first-order chi connectivity index (χ1) is 10.1. The molecule has 0 spiro atoms. The van der Waals surface area contributed by atoms with E-state index in [1.807, 2.05) is 36.4 Å². The topological polar surface area (TPSA) is 30.5 Å². The summed E-state index contributed by atoms with van der Waals surface area (Å²) in [7, 11) is 0. The summed E-state index contributed by atoms with van der Waals surface area (Å²) in [6.45, 7) is 3.03. The van der Waals surface area contributed by atoms with Crippen molar-refractivity contribution < 1.29 is 9.47 Å². The predicted octanol–water partition coefficient (Wildman–Crippen LogP) is 4.57. The van der Waals surface area contributed by atoms with Crippen LogP contribution in [0.15, 0.2) is 36.4 Å². The Balaban J connectivity index is 1.67. The van der Waals surface area contributed by atoms with E-state index in [-0.39, 0.29) is 12.8 Å². The average molecular weight is 324 g/mol. The van der Waals surface area contributed by atoms with Crippen LogP contribution >= 0.6 is 23.2 Å². The minimum absolute atomic E-state index is 0.214. The summed E-state index contributed by atoms with van der Waals surface area (Å²) in [5.74, 6) is 1.34. The Bertz CT molecular complexity index is 643. The molecule has 1 aliphatic heterocycles. The molecule has 0 aliphatic carbocycles. The summed E-state index contributed by atoms with van der Waals surface area (Å²) in [5, 5.41) is 4.78. The Kier molecular flexibility index (Phi) is 4.24. The van der Waals surface area contributed by atoms with Crippen LogP contribution in [0.4, 0.5) is 0 Å². The van der Waals surface area contributed by atoms with Gasteiger partial charge >= 0.3 is 0 Å². The summed E-state index contributed by atoms with van der Waals surface area (Å²) in [5.41, 5.74) is 2.25. The van der Waals surface area contributed by atoms with Crippen LogP contribution in [0.5, 0.6) is 11.5 Å². The lowest BCUT2D eigenvalue weighted by molar-refractivity contribution is 0.174. The number of ether oxygens (including phenoxy) is 2. The van der Waals surface area contributed by atoms with Gasteiger partial charge in [-0.15, -0.1) is 0 Å². The van der Waals surface area contributed by atoms with Gasteiger partial charge in [-0.25, -0.2) is 0 Å². The second-order valence-electron chi connectivity index (χ2n) is 4.97. The van der Waals surface area contributed by atoms with Gasteiger partial charge in [0.25, 0.3) is 0 Å². The van der Waals surface area contributed by atoms with E-state index in [1.165, 1.54) is 5.56 Å². The molecule has 0 radical (unpaired) electrons. The van der Waals surface area contributed by atoms with E-state index in [1.54, 1.807) is 0 Å². The van der Waals surface area contributed by atoms with Gasteiger partial charge in [0.05, 0.1) is 5.02 Å². The molecule has 0 fully saturated rings. The lowest BCUT2D eigenvalue weighted by Gasteiger charge is -2.15. The van der Waals surface area contributed by atoms with Gasteiger partial charge in [0, 0.05) is 17.6 Å². The molecule has 0 saturated heterocycles. The lowest BCUT2D eigenvalue weighted by Crippen LogP contribution is -2.18. The Morgan fingerprint density at radius 3 is 2.67 bits per heavy atom.